The van der Waals surface area contributed by atoms with Crippen LogP contribution < -0.4 is 9.47 Å². The second-order valence-corrected chi connectivity index (χ2v) is 7.27. The number of hydrogen-bond donors (Lipinski definition) is 0. The van der Waals surface area contributed by atoms with Crippen LogP contribution in [0.25, 0.3) is 11.5 Å². The predicted octanol–water partition coefficient (Wildman–Crippen LogP) is 4.21. The molecule has 2 aromatic carbocycles. The van der Waals surface area contributed by atoms with Crippen molar-refractivity contribution in [1.82, 2.24) is 15.1 Å². The SMILES string of the molecule is CC(C)N(Cc1nnc(-c2ccccc2Cl)o1)C(=O)c1ccc2c(c1)OCCO2. The van der Waals surface area contributed by atoms with Gasteiger partial charge in [-0.15, -0.1) is 10.2 Å². The van der Waals surface area contributed by atoms with Crippen molar-refractivity contribution in [2.24, 2.45) is 0 Å². The molecule has 0 saturated carbocycles. The summed E-state index contributed by atoms with van der Waals surface area (Å²) in [5.74, 6) is 1.71. The molecule has 2 heterocycles. The zero-order valence-electron chi connectivity index (χ0n) is 16.1. The number of rotatable bonds is 5. The number of halogens is 1. The van der Waals surface area contributed by atoms with E-state index in [0.29, 0.717) is 52.6 Å². The third-order valence-electron chi connectivity index (χ3n) is 4.55. The highest BCUT2D eigenvalue weighted by atomic mass is 35.5. The van der Waals surface area contributed by atoms with Crippen LogP contribution in [-0.4, -0.2) is 40.3 Å². The molecular weight excluding hydrogens is 394 g/mol. The molecule has 0 aliphatic carbocycles. The van der Waals surface area contributed by atoms with Gasteiger partial charge in [-0.3, -0.25) is 4.79 Å². The third kappa shape index (κ3) is 4.05. The lowest BCUT2D eigenvalue weighted by Gasteiger charge is -2.26. The van der Waals surface area contributed by atoms with Crippen molar-refractivity contribution in [2.45, 2.75) is 26.4 Å². The van der Waals surface area contributed by atoms with Crippen LogP contribution in [0.3, 0.4) is 0 Å². The zero-order chi connectivity index (χ0) is 20.4. The van der Waals surface area contributed by atoms with Gasteiger partial charge in [0.1, 0.15) is 13.2 Å². The van der Waals surface area contributed by atoms with E-state index in [9.17, 15) is 4.79 Å². The average molecular weight is 414 g/mol. The maximum Gasteiger partial charge on any atom is 0.254 e. The molecule has 1 aliphatic rings. The minimum Gasteiger partial charge on any atom is -0.486 e. The number of fused-ring (bicyclic) bond motifs is 1. The van der Waals surface area contributed by atoms with Crippen LogP contribution in [0.15, 0.2) is 46.9 Å². The van der Waals surface area contributed by atoms with Gasteiger partial charge in [0.15, 0.2) is 11.5 Å². The molecule has 0 atom stereocenters. The maximum absolute atomic E-state index is 13.1. The summed E-state index contributed by atoms with van der Waals surface area (Å²) in [6.45, 7) is 5.01. The minimum atomic E-state index is -0.158. The predicted molar refractivity (Wildman–Crippen MR) is 107 cm³/mol. The van der Waals surface area contributed by atoms with Gasteiger partial charge < -0.3 is 18.8 Å². The molecule has 4 rings (SSSR count). The number of amides is 1. The molecule has 150 valence electrons. The first-order valence-corrected chi connectivity index (χ1v) is 9.68. The van der Waals surface area contributed by atoms with Crippen LogP contribution >= 0.6 is 11.6 Å². The summed E-state index contributed by atoms with van der Waals surface area (Å²) >= 11 is 6.20. The fourth-order valence-corrected chi connectivity index (χ4v) is 3.25. The van der Waals surface area contributed by atoms with Crippen molar-refractivity contribution >= 4 is 17.5 Å². The standard InChI is InChI=1S/C21H20ClN3O4/c1-13(2)25(21(26)14-7-8-17-18(11-14)28-10-9-27-17)12-19-23-24-20(29-19)15-5-3-4-6-16(15)22/h3-8,11,13H,9-10,12H2,1-2H3. The first kappa shape index (κ1) is 19.3. The van der Waals surface area contributed by atoms with Crippen molar-refractivity contribution in [3.8, 4) is 23.0 Å². The Balaban J connectivity index is 1.56. The molecule has 3 aromatic rings. The normalized spacial score (nSPS) is 12.8. The van der Waals surface area contributed by atoms with Crippen LogP contribution in [0.5, 0.6) is 11.5 Å². The second-order valence-electron chi connectivity index (χ2n) is 6.87. The summed E-state index contributed by atoms with van der Waals surface area (Å²) in [6.07, 6.45) is 0. The molecule has 0 saturated heterocycles. The van der Waals surface area contributed by atoms with Gasteiger partial charge in [0.25, 0.3) is 5.91 Å². The van der Waals surface area contributed by atoms with Crippen molar-refractivity contribution in [3.63, 3.8) is 0 Å². The Hall–Kier alpha value is -3.06. The maximum atomic E-state index is 13.1. The molecule has 0 spiro atoms. The Morgan fingerprint density at radius 1 is 1.10 bits per heavy atom. The summed E-state index contributed by atoms with van der Waals surface area (Å²) in [4.78, 5) is 14.8. The van der Waals surface area contributed by atoms with Crippen LogP contribution in [0.2, 0.25) is 5.02 Å². The Morgan fingerprint density at radius 2 is 1.86 bits per heavy atom. The highest BCUT2D eigenvalue weighted by molar-refractivity contribution is 6.33. The van der Waals surface area contributed by atoms with Crippen molar-refractivity contribution in [2.75, 3.05) is 13.2 Å². The molecule has 1 amide bonds. The molecule has 1 aromatic heterocycles. The lowest BCUT2D eigenvalue weighted by atomic mass is 10.1. The van der Waals surface area contributed by atoms with Gasteiger partial charge in [0.2, 0.25) is 11.8 Å². The summed E-state index contributed by atoms with van der Waals surface area (Å²) in [5, 5.41) is 8.69. The van der Waals surface area contributed by atoms with Gasteiger partial charge >= 0.3 is 0 Å². The summed E-state index contributed by atoms with van der Waals surface area (Å²) in [7, 11) is 0. The van der Waals surface area contributed by atoms with E-state index in [2.05, 4.69) is 10.2 Å². The van der Waals surface area contributed by atoms with Gasteiger partial charge in [-0.2, -0.15) is 0 Å². The van der Waals surface area contributed by atoms with E-state index in [1.165, 1.54) is 0 Å². The third-order valence-corrected chi connectivity index (χ3v) is 4.88. The smallest absolute Gasteiger partial charge is 0.254 e. The van der Waals surface area contributed by atoms with Gasteiger partial charge in [0, 0.05) is 11.6 Å². The quantitative estimate of drug-likeness (QED) is 0.623. The molecule has 7 nitrogen and oxygen atoms in total. The summed E-state index contributed by atoms with van der Waals surface area (Å²) in [5.41, 5.74) is 1.16. The van der Waals surface area contributed by atoms with Gasteiger partial charge in [-0.1, -0.05) is 23.7 Å². The summed E-state index contributed by atoms with van der Waals surface area (Å²) < 4.78 is 16.9. The number of hydrogen-bond acceptors (Lipinski definition) is 6. The molecule has 0 fully saturated rings. The second kappa shape index (κ2) is 8.13. The first-order chi connectivity index (χ1) is 14.0. The molecular formula is C21H20ClN3O4. The zero-order valence-corrected chi connectivity index (χ0v) is 16.8. The molecule has 0 radical (unpaired) electrons. The van der Waals surface area contributed by atoms with Crippen molar-refractivity contribution in [3.05, 3.63) is 58.9 Å². The number of carbonyl (C=O) groups excluding carboxylic acids is 1. The van der Waals surface area contributed by atoms with Crippen LogP contribution in [0, 0.1) is 0 Å². The molecule has 1 aliphatic heterocycles. The van der Waals surface area contributed by atoms with Crippen LogP contribution in [0.4, 0.5) is 0 Å². The number of aromatic nitrogens is 2. The van der Waals surface area contributed by atoms with Gasteiger partial charge in [-0.25, -0.2) is 0 Å². The van der Waals surface area contributed by atoms with E-state index in [4.69, 9.17) is 25.5 Å². The lowest BCUT2D eigenvalue weighted by Crippen LogP contribution is -2.36. The van der Waals surface area contributed by atoms with Gasteiger partial charge in [-0.05, 0) is 44.2 Å². The van der Waals surface area contributed by atoms with E-state index in [1.54, 1.807) is 35.2 Å². The van der Waals surface area contributed by atoms with Crippen LogP contribution in [-0.2, 0) is 6.54 Å². The molecule has 29 heavy (non-hydrogen) atoms. The number of carbonyl (C=O) groups is 1. The average Bonchev–Trinajstić information content (AvgIpc) is 3.20. The molecule has 0 N–H and O–H groups in total. The Labute approximate surface area is 173 Å². The highest BCUT2D eigenvalue weighted by Crippen LogP contribution is 2.31. The van der Waals surface area contributed by atoms with E-state index in [0.717, 1.165) is 0 Å². The number of benzene rings is 2. The molecule has 0 unspecified atom stereocenters. The largest absolute Gasteiger partial charge is 0.486 e. The van der Waals surface area contributed by atoms with E-state index in [1.807, 2.05) is 26.0 Å². The fourth-order valence-electron chi connectivity index (χ4n) is 3.04. The summed E-state index contributed by atoms with van der Waals surface area (Å²) in [6, 6.07) is 12.3. The monoisotopic (exact) mass is 413 g/mol. The topological polar surface area (TPSA) is 77.7 Å². The van der Waals surface area contributed by atoms with E-state index < -0.39 is 0 Å². The first-order valence-electron chi connectivity index (χ1n) is 9.31. The van der Waals surface area contributed by atoms with Crippen molar-refractivity contribution < 1.29 is 18.7 Å². The van der Waals surface area contributed by atoms with Crippen LogP contribution in [0.1, 0.15) is 30.1 Å². The lowest BCUT2D eigenvalue weighted by molar-refractivity contribution is 0.0671. The fraction of sp³-hybridized carbons (Fsp3) is 0.286. The minimum absolute atomic E-state index is 0.0774. The molecule has 8 heteroatoms. The van der Waals surface area contributed by atoms with E-state index >= 15 is 0 Å². The Bertz CT molecular complexity index is 1030. The Morgan fingerprint density at radius 3 is 2.62 bits per heavy atom. The highest BCUT2D eigenvalue weighted by Gasteiger charge is 2.24. The van der Waals surface area contributed by atoms with Gasteiger partial charge in [0.05, 0.1) is 17.1 Å². The molecule has 0 bridgehead atoms. The number of nitrogens with zero attached hydrogens (tertiary/aromatic N) is 3. The number of ether oxygens (including phenoxy) is 2. The van der Waals surface area contributed by atoms with E-state index in [-0.39, 0.29) is 18.5 Å². The Kier molecular flexibility index (Phi) is 5.40. The van der Waals surface area contributed by atoms with Crippen molar-refractivity contribution in [1.29, 1.82) is 0 Å².